The molecule has 1 atom stereocenters. The number of hydrogen-bond donors (Lipinski definition) is 0. The van der Waals surface area contributed by atoms with E-state index < -0.39 is 0 Å². The van der Waals surface area contributed by atoms with Gasteiger partial charge in [-0.25, -0.2) is 9.97 Å². The Labute approximate surface area is 201 Å². The van der Waals surface area contributed by atoms with E-state index in [0.717, 1.165) is 58.6 Å². The Hall–Kier alpha value is -2.92. The SMILES string of the molecule is CC[C@@H](C(=O)N1CCN(c2nc(C)nc(C)c2Cc2ccccc2Cl)CC1)c1ccccc1. The molecule has 5 nitrogen and oxygen atoms in total. The number of nitrogens with zero attached hydrogens (tertiary/aromatic N) is 4. The molecule has 6 heteroatoms. The highest BCUT2D eigenvalue weighted by Gasteiger charge is 2.29. The van der Waals surface area contributed by atoms with Gasteiger partial charge >= 0.3 is 0 Å². The average molecular weight is 463 g/mol. The topological polar surface area (TPSA) is 49.3 Å². The van der Waals surface area contributed by atoms with E-state index in [4.69, 9.17) is 16.6 Å². The van der Waals surface area contributed by atoms with Crippen LogP contribution in [0.1, 0.15) is 47.5 Å². The number of piperazine rings is 1. The molecule has 3 aromatic rings. The molecule has 0 spiro atoms. The van der Waals surface area contributed by atoms with Crippen molar-refractivity contribution >= 4 is 23.3 Å². The van der Waals surface area contributed by atoms with Gasteiger partial charge in [0.15, 0.2) is 0 Å². The summed E-state index contributed by atoms with van der Waals surface area (Å²) >= 11 is 6.45. The van der Waals surface area contributed by atoms with Crippen LogP contribution >= 0.6 is 11.6 Å². The van der Waals surface area contributed by atoms with Crippen molar-refractivity contribution in [1.29, 1.82) is 0 Å². The third-order valence-corrected chi connectivity index (χ3v) is 6.80. The maximum Gasteiger partial charge on any atom is 0.230 e. The summed E-state index contributed by atoms with van der Waals surface area (Å²) in [4.78, 5) is 27.0. The van der Waals surface area contributed by atoms with Gasteiger partial charge in [0.05, 0.1) is 5.92 Å². The first-order valence-corrected chi connectivity index (χ1v) is 12.0. The maximum absolute atomic E-state index is 13.3. The Morgan fingerprint density at radius 3 is 2.30 bits per heavy atom. The Morgan fingerprint density at radius 1 is 0.970 bits per heavy atom. The summed E-state index contributed by atoms with van der Waals surface area (Å²) in [6, 6.07) is 18.0. The van der Waals surface area contributed by atoms with E-state index >= 15 is 0 Å². The van der Waals surface area contributed by atoms with Gasteiger partial charge in [-0.3, -0.25) is 4.79 Å². The van der Waals surface area contributed by atoms with Crippen molar-refractivity contribution in [3.63, 3.8) is 0 Å². The van der Waals surface area contributed by atoms with E-state index in [9.17, 15) is 4.79 Å². The number of halogens is 1. The lowest BCUT2D eigenvalue weighted by Gasteiger charge is -2.38. The molecule has 1 aliphatic heterocycles. The zero-order valence-corrected chi connectivity index (χ0v) is 20.3. The summed E-state index contributed by atoms with van der Waals surface area (Å²) in [7, 11) is 0. The number of benzene rings is 2. The molecule has 1 aliphatic rings. The summed E-state index contributed by atoms with van der Waals surface area (Å²) in [5, 5.41) is 0.755. The van der Waals surface area contributed by atoms with Gasteiger partial charge in [-0.2, -0.15) is 0 Å². The van der Waals surface area contributed by atoms with Gasteiger partial charge in [0.1, 0.15) is 11.6 Å². The van der Waals surface area contributed by atoms with Crippen LogP contribution in [-0.4, -0.2) is 47.0 Å². The number of carbonyl (C=O) groups excluding carboxylic acids is 1. The van der Waals surface area contributed by atoms with E-state index in [1.54, 1.807) is 0 Å². The zero-order chi connectivity index (χ0) is 23.4. The molecule has 0 unspecified atom stereocenters. The normalized spacial score (nSPS) is 14.9. The molecule has 2 heterocycles. The lowest BCUT2D eigenvalue weighted by Crippen LogP contribution is -2.50. The summed E-state index contributed by atoms with van der Waals surface area (Å²) in [5.74, 6) is 1.85. The fraction of sp³-hybridized carbons (Fsp3) is 0.370. The van der Waals surface area contributed by atoms with Crippen molar-refractivity contribution in [2.24, 2.45) is 0 Å². The standard InChI is InChI=1S/C27H31ClN4O/c1-4-23(21-10-6-5-7-11-21)27(33)32-16-14-31(15-17-32)26-24(19(2)29-20(3)30-26)18-22-12-8-9-13-25(22)28/h5-13,23H,4,14-18H2,1-3H3/t23-/m1/s1. The molecule has 33 heavy (non-hydrogen) atoms. The summed E-state index contributed by atoms with van der Waals surface area (Å²) in [6.07, 6.45) is 1.49. The van der Waals surface area contributed by atoms with Gasteiger partial charge in [-0.05, 0) is 37.5 Å². The van der Waals surface area contributed by atoms with Crippen LogP contribution in [0.5, 0.6) is 0 Å². The van der Waals surface area contributed by atoms with E-state index in [1.807, 2.05) is 55.1 Å². The predicted molar refractivity (Wildman–Crippen MR) is 134 cm³/mol. The fourth-order valence-electron chi connectivity index (χ4n) is 4.62. The van der Waals surface area contributed by atoms with Crippen molar-refractivity contribution in [2.75, 3.05) is 31.1 Å². The van der Waals surface area contributed by atoms with Crippen LogP contribution in [0.15, 0.2) is 54.6 Å². The number of aryl methyl sites for hydroxylation is 2. The minimum Gasteiger partial charge on any atom is -0.353 e. The predicted octanol–water partition coefficient (Wildman–Crippen LogP) is 5.18. The number of hydrogen-bond acceptors (Lipinski definition) is 4. The first kappa shape index (κ1) is 23.2. The molecule has 1 amide bonds. The molecular formula is C27H31ClN4O. The number of anilines is 1. The first-order valence-electron chi connectivity index (χ1n) is 11.6. The van der Waals surface area contributed by atoms with Gasteiger partial charge in [0.25, 0.3) is 0 Å². The second-order valence-electron chi connectivity index (χ2n) is 8.61. The minimum absolute atomic E-state index is 0.0860. The molecule has 0 N–H and O–H groups in total. The van der Waals surface area contributed by atoms with Crippen molar-refractivity contribution < 1.29 is 4.79 Å². The van der Waals surface area contributed by atoms with Crippen LogP contribution in [-0.2, 0) is 11.2 Å². The summed E-state index contributed by atoms with van der Waals surface area (Å²) < 4.78 is 0. The minimum atomic E-state index is -0.0860. The van der Waals surface area contributed by atoms with Gasteiger partial charge in [0.2, 0.25) is 5.91 Å². The van der Waals surface area contributed by atoms with E-state index in [1.165, 1.54) is 0 Å². The lowest BCUT2D eigenvalue weighted by atomic mass is 9.94. The number of carbonyl (C=O) groups is 1. The Balaban J connectivity index is 1.52. The van der Waals surface area contributed by atoms with Crippen LogP contribution in [0, 0.1) is 13.8 Å². The quantitative estimate of drug-likeness (QED) is 0.506. The Morgan fingerprint density at radius 2 is 1.64 bits per heavy atom. The van der Waals surface area contributed by atoms with Gasteiger partial charge < -0.3 is 9.80 Å². The van der Waals surface area contributed by atoms with E-state index in [0.29, 0.717) is 19.5 Å². The van der Waals surface area contributed by atoms with Crippen molar-refractivity contribution in [1.82, 2.24) is 14.9 Å². The highest BCUT2D eigenvalue weighted by Crippen LogP contribution is 2.29. The largest absolute Gasteiger partial charge is 0.353 e. The Bertz CT molecular complexity index is 1110. The monoisotopic (exact) mass is 462 g/mol. The summed E-state index contributed by atoms with van der Waals surface area (Å²) in [6.45, 7) is 8.94. The molecule has 1 saturated heterocycles. The molecule has 1 fully saturated rings. The molecule has 172 valence electrons. The van der Waals surface area contributed by atoms with E-state index in [2.05, 4.69) is 35.0 Å². The smallest absolute Gasteiger partial charge is 0.230 e. The highest BCUT2D eigenvalue weighted by molar-refractivity contribution is 6.31. The molecule has 2 aromatic carbocycles. The lowest BCUT2D eigenvalue weighted by molar-refractivity contribution is -0.133. The van der Waals surface area contributed by atoms with Crippen molar-refractivity contribution in [3.05, 3.63) is 87.8 Å². The third-order valence-electron chi connectivity index (χ3n) is 6.43. The number of rotatable bonds is 6. The van der Waals surface area contributed by atoms with Crippen molar-refractivity contribution in [2.45, 2.75) is 39.5 Å². The third kappa shape index (κ3) is 5.19. The van der Waals surface area contributed by atoms with Crippen LogP contribution in [0.25, 0.3) is 0 Å². The molecule has 0 saturated carbocycles. The van der Waals surface area contributed by atoms with E-state index in [-0.39, 0.29) is 11.8 Å². The first-order chi connectivity index (χ1) is 16.0. The zero-order valence-electron chi connectivity index (χ0n) is 19.6. The van der Waals surface area contributed by atoms with Crippen LogP contribution in [0.4, 0.5) is 5.82 Å². The highest BCUT2D eigenvalue weighted by atomic mass is 35.5. The molecule has 1 aromatic heterocycles. The molecular weight excluding hydrogens is 432 g/mol. The number of amides is 1. The molecule has 0 bridgehead atoms. The van der Waals surface area contributed by atoms with Crippen LogP contribution < -0.4 is 4.90 Å². The second kappa shape index (κ2) is 10.3. The molecule has 0 aliphatic carbocycles. The second-order valence-corrected chi connectivity index (χ2v) is 9.02. The van der Waals surface area contributed by atoms with Gasteiger partial charge in [0, 0.05) is 48.9 Å². The molecule has 4 rings (SSSR count). The summed E-state index contributed by atoms with van der Waals surface area (Å²) in [5.41, 5.74) is 4.24. The van der Waals surface area contributed by atoms with Crippen LogP contribution in [0.2, 0.25) is 5.02 Å². The van der Waals surface area contributed by atoms with Crippen molar-refractivity contribution in [3.8, 4) is 0 Å². The fourth-order valence-corrected chi connectivity index (χ4v) is 4.82. The van der Waals surface area contributed by atoms with Gasteiger partial charge in [-0.15, -0.1) is 0 Å². The average Bonchev–Trinajstić information content (AvgIpc) is 2.83. The van der Waals surface area contributed by atoms with Gasteiger partial charge in [-0.1, -0.05) is 67.1 Å². The van der Waals surface area contributed by atoms with Crippen LogP contribution in [0.3, 0.4) is 0 Å². The Kier molecular flexibility index (Phi) is 7.29. The maximum atomic E-state index is 13.3. The number of aromatic nitrogens is 2. The molecule has 0 radical (unpaired) electrons.